The van der Waals surface area contributed by atoms with E-state index < -0.39 is 10.8 Å². The molecule has 0 fully saturated rings. The lowest BCUT2D eigenvalue weighted by Gasteiger charge is -2.16. The maximum absolute atomic E-state index is 12.5. The van der Waals surface area contributed by atoms with Gasteiger partial charge in [-0.15, -0.1) is 0 Å². The van der Waals surface area contributed by atoms with Crippen molar-refractivity contribution >= 4 is 21.6 Å². The van der Waals surface area contributed by atoms with Gasteiger partial charge < -0.3 is 5.32 Å². The molecule has 19 heavy (non-hydrogen) atoms. The lowest BCUT2D eigenvalue weighted by Crippen LogP contribution is -2.27. The number of hydrogen-bond acceptors (Lipinski definition) is 2. The van der Waals surface area contributed by atoms with E-state index in [-0.39, 0.29) is 5.25 Å². The van der Waals surface area contributed by atoms with Gasteiger partial charge in [0, 0.05) is 16.2 Å². The Morgan fingerprint density at radius 3 is 2.47 bits per heavy atom. The van der Waals surface area contributed by atoms with Gasteiger partial charge in [0.2, 0.25) is 0 Å². The maximum Gasteiger partial charge on any atom is 0.0558 e. The third kappa shape index (κ3) is 3.43. The molecule has 0 aliphatic carbocycles. The molecule has 0 aliphatic rings. The van der Waals surface area contributed by atoms with Crippen LogP contribution in [0.3, 0.4) is 0 Å². The molecule has 0 aromatic heterocycles. The summed E-state index contributed by atoms with van der Waals surface area (Å²) in [6, 6.07) is 14.7. The van der Waals surface area contributed by atoms with Crippen LogP contribution in [0, 0.1) is 0 Å². The summed E-state index contributed by atoms with van der Waals surface area (Å²) in [7, 11) is 0.994. The van der Waals surface area contributed by atoms with Crippen molar-refractivity contribution in [1.82, 2.24) is 5.32 Å². The van der Waals surface area contributed by atoms with E-state index in [4.69, 9.17) is 0 Å². The number of fused-ring (bicyclic) bond motifs is 1. The van der Waals surface area contributed by atoms with E-state index in [0.717, 1.165) is 16.7 Å². The predicted octanol–water partition coefficient (Wildman–Crippen LogP) is 3.33. The second-order valence-electron chi connectivity index (χ2n) is 5.04. The molecular formula is C16H21NOS. The molecule has 0 aliphatic heterocycles. The van der Waals surface area contributed by atoms with Gasteiger partial charge in [-0.25, -0.2) is 0 Å². The largest absolute Gasteiger partial charge is 0.317 e. The molecule has 1 N–H and O–H groups in total. The molecule has 2 nitrogen and oxygen atoms in total. The van der Waals surface area contributed by atoms with Gasteiger partial charge in [-0.2, -0.15) is 0 Å². The fraction of sp³-hybridized carbons (Fsp3) is 0.375. The summed E-state index contributed by atoms with van der Waals surface area (Å²) >= 11 is 0. The summed E-state index contributed by atoms with van der Waals surface area (Å²) in [5, 5.41) is 5.70. The van der Waals surface area contributed by atoms with Gasteiger partial charge in [0.05, 0.1) is 10.8 Å². The highest BCUT2D eigenvalue weighted by molar-refractivity contribution is 7.85. The van der Waals surface area contributed by atoms with Crippen molar-refractivity contribution in [2.24, 2.45) is 0 Å². The lowest BCUT2D eigenvalue weighted by atomic mass is 10.1. The first kappa shape index (κ1) is 14.2. The van der Waals surface area contributed by atoms with Crippen LogP contribution in [-0.4, -0.2) is 22.5 Å². The topological polar surface area (TPSA) is 29.1 Å². The van der Waals surface area contributed by atoms with Gasteiger partial charge in [-0.05, 0) is 43.3 Å². The van der Waals surface area contributed by atoms with Gasteiger partial charge in [0.25, 0.3) is 0 Å². The summed E-state index contributed by atoms with van der Waals surface area (Å²) in [6.07, 6.45) is 0.913. The molecule has 0 heterocycles. The van der Waals surface area contributed by atoms with Crippen LogP contribution in [0.2, 0.25) is 0 Å². The third-order valence-corrected chi connectivity index (χ3v) is 5.14. The van der Waals surface area contributed by atoms with Crippen LogP contribution in [0.4, 0.5) is 0 Å². The minimum absolute atomic E-state index is 0.156. The molecule has 0 spiro atoms. The van der Waals surface area contributed by atoms with Crippen molar-refractivity contribution in [3.8, 4) is 0 Å². The summed E-state index contributed by atoms with van der Waals surface area (Å²) in [4.78, 5) is 0.925. The van der Waals surface area contributed by atoms with Gasteiger partial charge in [-0.1, -0.05) is 37.3 Å². The zero-order valence-corrected chi connectivity index (χ0v) is 12.5. The predicted molar refractivity (Wildman–Crippen MR) is 83.0 cm³/mol. The van der Waals surface area contributed by atoms with Gasteiger partial charge in [0.1, 0.15) is 0 Å². The van der Waals surface area contributed by atoms with Crippen molar-refractivity contribution < 1.29 is 4.21 Å². The van der Waals surface area contributed by atoms with Crippen LogP contribution >= 0.6 is 0 Å². The second kappa shape index (κ2) is 6.31. The fourth-order valence-corrected chi connectivity index (χ4v) is 3.60. The molecular weight excluding hydrogens is 254 g/mol. The Hall–Kier alpha value is -1.19. The highest BCUT2D eigenvalue weighted by Crippen LogP contribution is 2.21. The van der Waals surface area contributed by atoms with Crippen LogP contribution in [-0.2, 0) is 10.8 Å². The standard InChI is InChI=1S/C16H21NOS/c1-12(17-3)10-13(2)19(18)16-9-8-14-6-4-5-7-15(14)11-16/h4-9,11-13,17H,10H2,1-3H3. The molecule has 0 radical (unpaired) electrons. The van der Waals surface area contributed by atoms with E-state index in [1.807, 2.05) is 31.3 Å². The Morgan fingerprint density at radius 2 is 1.79 bits per heavy atom. The van der Waals surface area contributed by atoms with E-state index in [1.54, 1.807) is 0 Å². The molecule has 2 aromatic rings. The minimum Gasteiger partial charge on any atom is -0.317 e. The molecule has 0 bridgehead atoms. The monoisotopic (exact) mass is 275 g/mol. The van der Waals surface area contributed by atoms with Crippen LogP contribution in [0.1, 0.15) is 20.3 Å². The van der Waals surface area contributed by atoms with Gasteiger partial charge in [0.15, 0.2) is 0 Å². The van der Waals surface area contributed by atoms with Crippen LogP contribution in [0.5, 0.6) is 0 Å². The molecule has 0 saturated carbocycles. The molecule has 2 aromatic carbocycles. The molecule has 3 heteroatoms. The zero-order valence-electron chi connectivity index (χ0n) is 11.7. The van der Waals surface area contributed by atoms with Crippen LogP contribution in [0.25, 0.3) is 10.8 Å². The molecule has 0 saturated heterocycles. The lowest BCUT2D eigenvalue weighted by molar-refractivity contribution is 0.555. The maximum atomic E-state index is 12.5. The minimum atomic E-state index is -0.946. The third-order valence-electron chi connectivity index (χ3n) is 3.50. The number of rotatable bonds is 5. The molecule has 0 amide bonds. The zero-order chi connectivity index (χ0) is 13.8. The Labute approximate surface area is 117 Å². The average molecular weight is 275 g/mol. The summed E-state index contributed by atoms with van der Waals surface area (Å²) in [6.45, 7) is 4.17. The van der Waals surface area contributed by atoms with Gasteiger partial charge in [-0.3, -0.25) is 4.21 Å². The SMILES string of the molecule is CNC(C)CC(C)S(=O)c1ccc2ccccc2c1. The Balaban J connectivity index is 2.21. The smallest absolute Gasteiger partial charge is 0.0558 e. The first-order valence-electron chi connectivity index (χ1n) is 6.68. The number of nitrogens with one attached hydrogen (secondary N) is 1. The van der Waals surface area contributed by atoms with Crippen molar-refractivity contribution in [3.05, 3.63) is 42.5 Å². The van der Waals surface area contributed by atoms with E-state index in [1.165, 1.54) is 5.39 Å². The van der Waals surface area contributed by atoms with Crippen molar-refractivity contribution in [1.29, 1.82) is 0 Å². The quantitative estimate of drug-likeness (QED) is 0.907. The van der Waals surface area contributed by atoms with E-state index >= 15 is 0 Å². The molecule has 3 unspecified atom stereocenters. The first-order chi connectivity index (χ1) is 9.11. The van der Waals surface area contributed by atoms with E-state index in [9.17, 15) is 4.21 Å². The summed E-state index contributed by atoms with van der Waals surface area (Å²) in [5.74, 6) is 0. The van der Waals surface area contributed by atoms with Crippen molar-refractivity contribution in [3.63, 3.8) is 0 Å². The summed E-state index contributed by atoms with van der Waals surface area (Å²) in [5.41, 5.74) is 0. The fourth-order valence-electron chi connectivity index (χ4n) is 2.23. The second-order valence-corrected chi connectivity index (χ2v) is 6.91. The molecule has 102 valence electrons. The number of hydrogen-bond donors (Lipinski definition) is 1. The highest BCUT2D eigenvalue weighted by atomic mass is 32.2. The van der Waals surface area contributed by atoms with Crippen LogP contribution < -0.4 is 5.32 Å². The van der Waals surface area contributed by atoms with Crippen molar-refractivity contribution in [2.75, 3.05) is 7.05 Å². The van der Waals surface area contributed by atoms with E-state index in [0.29, 0.717) is 6.04 Å². The van der Waals surface area contributed by atoms with E-state index in [2.05, 4.69) is 37.4 Å². The van der Waals surface area contributed by atoms with Crippen LogP contribution in [0.15, 0.2) is 47.4 Å². The Morgan fingerprint density at radius 1 is 1.11 bits per heavy atom. The Kier molecular flexibility index (Phi) is 4.72. The van der Waals surface area contributed by atoms with Crippen molar-refractivity contribution in [2.45, 2.75) is 36.5 Å². The average Bonchev–Trinajstić information content (AvgIpc) is 2.45. The highest BCUT2D eigenvalue weighted by Gasteiger charge is 2.16. The number of benzene rings is 2. The molecule has 3 atom stereocenters. The molecule has 2 rings (SSSR count). The Bertz CT molecular complexity index is 582. The first-order valence-corrected chi connectivity index (χ1v) is 7.89. The normalized spacial score (nSPS) is 16.2. The van der Waals surface area contributed by atoms with Gasteiger partial charge >= 0.3 is 0 Å². The summed E-state index contributed by atoms with van der Waals surface area (Å²) < 4.78 is 12.5.